The highest BCUT2D eigenvalue weighted by Gasteiger charge is 2.19. The van der Waals surface area contributed by atoms with Gasteiger partial charge >= 0.3 is 17.9 Å². The third kappa shape index (κ3) is 36.0. The second-order valence-electron chi connectivity index (χ2n) is 15.8. The van der Waals surface area contributed by atoms with E-state index in [4.69, 9.17) is 14.2 Å². The summed E-state index contributed by atoms with van der Waals surface area (Å²) < 4.78 is 16.6. The first kappa shape index (κ1) is 47.4. The molecule has 0 radical (unpaired) electrons. The SMILES string of the molecule is CCC(C)CCCCCCCCC(=O)OC[C@@H](COC(=O)CCCCCCCCCCC(C)C)OC(=O)CCCCCCCCCC(C)C. The molecule has 6 nitrogen and oxygen atoms in total. The van der Waals surface area contributed by atoms with Gasteiger partial charge in [0.05, 0.1) is 0 Å². The van der Waals surface area contributed by atoms with Crippen LogP contribution in [0.15, 0.2) is 0 Å². The molecule has 0 bridgehead atoms. The second-order valence-corrected chi connectivity index (χ2v) is 15.8. The first-order valence-electron chi connectivity index (χ1n) is 21.1. The Morgan fingerprint density at radius 2 is 0.714 bits per heavy atom. The molecular formula is C43H82O6. The Labute approximate surface area is 304 Å². The molecule has 0 N–H and O–H groups in total. The van der Waals surface area contributed by atoms with Gasteiger partial charge in [-0.2, -0.15) is 0 Å². The van der Waals surface area contributed by atoms with Gasteiger partial charge in [-0.25, -0.2) is 0 Å². The lowest BCUT2D eigenvalue weighted by Gasteiger charge is -2.18. The second kappa shape index (κ2) is 34.8. The zero-order valence-electron chi connectivity index (χ0n) is 33.5. The van der Waals surface area contributed by atoms with Crippen LogP contribution in [-0.4, -0.2) is 37.2 Å². The molecule has 0 aromatic heterocycles. The van der Waals surface area contributed by atoms with Crippen LogP contribution in [0.5, 0.6) is 0 Å². The molecule has 0 amide bonds. The number of carbonyl (C=O) groups is 3. The lowest BCUT2D eigenvalue weighted by Crippen LogP contribution is -2.30. The average molecular weight is 695 g/mol. The van der Waals surface area contributed by atoms with Gasteiger partial charge in [0.2, 0.25) is 0 Å². The van der Waals surface area contributed by atoms with Crippen LogP contribution in [0.25, 0.3) is 0 Å². The van der Waals surface area contributed by atoms with E-state index in [2.05, 4.69) is 41.5 Å². The molecule has 0 heterocycles. The first-order chi connectivity index (χ1) is 23.6. The van der Waals surface area contributed by atoms with Crippen molar-refractivity contribution in [1.82, 2.24) is 0 Å². The molecule has 0 aromatic rings. The molecule has 2 atom stereocenters. The lowest BCUT2D eigenvalue weighted by atomic mass is 10.00. The van der Waals surface area contributed by atoms with Crippen molar-refractivity contribution >= 4 is 17.9 Å². The smallest absolute Gasteiger partial charge is 0.306 e. The predicted octanol–water partition coefficient (Wildman–Crippen LogP) is 12.9. The highest BCUT2D eigenvalue weighted by molar-refractivity contribution is 5.71. The number of esters is 3. The molecule has 0 aliphatic rings. The first-order valence-corrected chi connectivity index (χ1v) is 21.1. The fourth-order valence-electron chi connectivity index (χ4n) is 6.14. The third-order valence-corrected chi connectivity index (χ3v) is 9.76. The summed E-state index contributed by atoms with van der Waals surface area (Å²) >= 11 is 0. The van der Waals surface area contributed by atoms with Gasteiger partial charge in [-0.05, 0) is 37.0 Å². The van der Waals surface area contributed by atoms with Gasteiger partial charge in [0.1, 0.15) is 13.2 Å². The largest absolute Gasteiger partial charge is 0.462 e. The average Bonchev–Trinajstić information content (AvgIpc) is 3.06. The molecule has 0 aliphatic carbocycles. The number of unbranched alkanes of at least 4 members (excludes halogenated alkanes) is 18. The number of hydrogen-bond acceptors (Lipinski definition) is 6. The van der Waals surface area contributed by atoms with Crippen molar-refractivity contribution in [1.29, 1.82) is 0 Å². The number of hydrogen-bond donors (Lipinski definition) is 0. The minimum atomic E-state index is -0.762. The summed E-state index contributed by atoms with van der Waals surface area (Å²) in [6.07, 6.45) is 29.6. The minimum absolute atomic E-state index is 0.0682. The maximum absolute atomic E-state index is 12.6. The van der Waals surface area contributed by atoms with Gasteiger partial charge in [0, 0.05) is 19.3 Å². The molecule has 49 heavy (non-hydrogen) atoms. The molecule has 0 aliphatic heterocycles. The molecule has 0 saturated carbocycles. The molecule has 0 rings (SSSR count). The van der Waals surface area contributed by atoms with Gasteiger partial charge in [-0.1, -0.05) is 183 Å². The molecule has 0 saturated heterocycles. The zero-order chi connectivity index (χ0) is 36.4. The Morgan fingerprint density at radius 3 is 1.06 bits per heavy atom. The molecule has 6 heteroatoms. The van der Waals surface area contributed by atoms with Crippen LogP contribution < -0.4 is 0 Å². The Hall–Kier alpha value is -1.59. The van der Waals surface area contributed by atoms with Crippen LogP contribution in [0.3, 0.4) is 0 Å². The van der Waals surface area contributed by atoms with E-state index < -0.39 is 6.10 Å². The lowest BCUT2D eigenvalue weighted by molar-refractivity contribution is -0.167. The number of carbonyl (C=O) groups excluding carboxylic acids is 3. The van der Waals surface area contributed by atoms with E-state index in [1.165, 1.54) is 103 Å². The quantitative estimate of drug-likeness (QED) is 0.0369. The molecule has 0 spiro atoms. The summed E-state index contributed by atoms with van der Waals surface area (Å²) in [5.41, 5.74) is 0. The van der Waals surface area contributed by atoms with Crippen molar-refractivity contribution in [3.8, 4) is 0 Å². The number of ether oxygens (including phenoxy) is 3. The minimum Gasteiger partial charge on any atom is -0.462 e. The monoisotopic (exact) mass is 695 g/mol. The fraction of sp³-hybridized carbons (Fsp3) is 0.930. The molecule has 0 aromatic carbocycles. The normalized spacial score (nSPS) is 12.7. The highest BCUT2D eigenvalue weighted by Crippen LogP contribution is 2.16. The van der Waals surface area contributed by atoms with E-state index >= 15 is 0 Å². The van der Waals surface area contributed by atoms with Gasteiger partial charge in [0.25, 0.3) is 0 Å². The van der Waals surface area contributed by atoms with E-state index in [1.807, 2.05) is 0 Å². The summed E-state index contributed by atoms with van der Waals surface area (Å²) in [6, 6.07) is 0. The molecule has 290 valence electrons. The summed E-state index contributed by atoms with van der Waals surface area (Å²) in [5, 5.41) is 0. The van der Waals surface area contributed by atoms with E-state index in [9.17, 15) is 14.4 Å². The van der Waals surface area contributed by atoms with Crippen molar-refractivity contribution in [2.75, 3.05) is 13.2 Å². The topological polar surface area (TPSA) is 78.9 Å². The summed E-state index contributed by atoms with van der Waals surface area (Å²) in [4.78, 5) is 37.5. The maximum Gasteiger partial charge on any atom is 0.306 e. The summed E-state index contributed by atoms with van der Waals surface area (Å²) in [5.74, 6) is 1.52. The zero-order valence-corrected chi connectivity index (χ0v) is 33.5. The van der Waals surface area contributed by atoms with Crippen LogP contribution in [0.1, 0.15) is 221 Å². The summed E-state index contributed by atoms with van der Waals surface area (Å²) in [7, 11) is 0. The van der Waals surface area contributed by atoms with E-state index in [0.29, 0.717) is 19.3 Å². The fourth-order valence-corrected chi connectivity index (χ4v) is 6.14. The van der Waals surface area contributed by atoms with Crippen LogP contribution in [0.2, 0.25) is 0 Å². The van der Waals surface area contributed by atoms with Crippen LogP contribution in [-0.2, 0) is 28.6 Å². The van der Waals surface area contributed by atoms with Crippen LogP contribution >= 0.6 is 0 Å². The molecule has 1 unspecified atom stereocenters. The molecule has 0 fully saturated rings. The van der Waals surface area contributed by atoms with Crippen molar-refractivity contribution in [3.63, 3.8) is 0 Å². The van der Waals surface area contributed by atoms with Crippen molar-refractivity contribution in [3.05, 3.63) is 0 Å². The summed E-state index contributed by atoms with van der Waals surface area (Å²) in [6.45, 7) is 13.5. The molecular weight excluding hydrogens is 612 g/mol. The van der Waals surface area contributed by atoms with E-state index in [1.54, 1.807) is 0 Å². The Morgan fingerprint density at radius 1 is 0.408 bits per heavy atom. The van der Waals surface area contributed by atoms with E-state index in [-0.39, 0.29) is 31.1 Å². The third-order valence-electron chi connectivity index (χ3n) is 9.76. The van der Waals surface area contributed by atoms with Gasteiger partial charge in [-0.3, -0.25) is 14.4 Å². The standard InChI is InChI=1S/C43H82O6/c1-7-39(6)31-25-19-15-16-21-27-33-42(45)48-36-40(49-43(46)34-28-22-14-10-12-18-24-30-38(4)5)35-47-41(44)32-26-20-13-9-8-11-17-23-29-37(2)3/h37-40H,7-36H2,1-6H3/t39?,40-/m1/s1. The van der Waals surface area contributed by atoms with Crippen LogP contribution in [0, 0.1) is 17.8 Å². The maximum atomic E-state index is 12.6. The van der Waals surface area contributed by atoms with Crippen molar-refractivity contribution < 1.29 is 28.6 Å². The van der Waals surface area contributed by atoms with Crippen molar-refractivity contribution in [2.45, 2.75) is 227 Å². The van der Waals surface area contributed by atoms with E-state index in [0.717, 1.165) is 75.5 Å². The van der Waals surface area contributed by atoms with Gasteiger partial charge in [0.15, 0.2) is 6.10 Å². The Balaban J connectivity index is 4.37. The van der Waals surface area contributed by atoms with Gasteiger partial charge < -0.3 is 14.2 Å². The van der Waals surface area contributed by atoms with Crippen LogP contribution in [0.4, 0.5) is 0 Å². The Bertz CT molecular complexity index is 763. The Kier molecular flexibility index (Phi) is 33.7. The van der Waals surface area contributed by atoms with Gasteiger partial charge in [-0.15, -0.1) is 0 Å². The number of rotatable bonds is 36. The van der Waals surface area contributed by atoms with Crippen molar-refractivity contribution in [2.24, 2.45) is 17.8 Å². The predicted molar refractivity (Wildman–Crippen MR) is 206 cm³/mol. The highest BCUT2D eigenvalue weighted by atomic mass is 16.6.